The maximum Gasteiger partial charge on any atom is 0.203 e. The molecule has 0 bridgehead atoms. The molecular weight excluding hydrogens is 403 g/mol. The van der Waals surface area contributed by atoms with Gasteiger partial charge in [-0.1, -0.05) is 11.3 Å². The Kier molecular flexibility index (Phi) is 6.04. The van der Waals surface area contributed by atoms with Gasteiger partial charge in [-0.2, -0.15) is 0 Å². The van der Waals surface area contributed by atoms with Crippen LogP contribution in [-0.2, 0) is 0 Å². The molecule has 0 aliphatic rings. The lowest BCUT2D eigenvalue weighted by molar-refractivity contribution is 0.261. The fourth-order valence-electron chi connectivity index (χ4n) is 1.83. The predicted molar refractivity (Wildman–Crippen MR) is 91.6 cm³/mol. The summed E-state index contributed by atoms with van der Waals surface area (Å²) in [4.78, 5) is 0. The van der Waals surface area contributed by atoms with Crippen molar-refractivity contribution < 1.29 is 14.2 Å². The third-order valence-electron chi connectivity index (χ3n) is 2.56. The zero-order chi connectivity index (χ0) is 15.2. The maximum atomic E-state index is 5.70. The van der Waals surface area contributed by atoms with Gasteiger partial charge in [0.1, 0.15) is 5.01 Å². The van der Waals surface area contributed by atoms with Gasteiger partial charge >= 0.3 is 0 Å². The van der Waals surface area contributed by atoms with Crippen LogP contribution in [0.25, 0.3) is 10.6 Å². The summed E-state index contributed by atoms with van der Waals surface area (Å²) < 4.78 is 18.0. The van der Waals surface area contributed by atoms with Gasteiger partial charge < -0.3 is 14.2 Å². The van der Waals surface area contributed by atoms with Crippen LogP contribution < -0.4 is 14.2 Å². The molecule has 0 aliphatic heterocycles. The number of rotatable bonds is 7. The molecule has 0 aliphatic carbocycles. The van der Waals surface area contributed by atoms with E-state index in [-0.39, 0.29) is 0 Å². The van der Waals surface area contributed by atoms with Gasteiger partial charge in [0.15, 0.2) is 14.5 Å². The minimum atomic E-state index is 0.552. The smallest absolute Gasteiger partial charge is 0.203 e. The first-order chi connectivity index (χ1) is 10.2. The molecule has 21 heavy (non-hydrogen) atoms. The van der Waals surface area contributed by atoms with Crippen LogP contribution in [0.15, 0.2) is 12.1 Å². The summed E-state index contributed by atoms with van der Waals surface area (Å²) in [7, 11) is 0. The van der Waals surface area contributed by atoms with E-state index in [1.165, 1.54) is 11.3 Å². The van der Waals surface area contributed by atoms with E-state index in [9.17, 15) is 0 Å². The molecule has 0 unspecified atom stereocenters. The van der Waals surface area contributed by atoms with Crippen molar-refractivity contribution in [2.24, 2.45) is 0 Å². The highest BCUT2D eigenvalue weighted by molar-refractivity contribution is 14.1. The van der Waals surface area contributed by atoms with Crippen LogP contribution in [0.3, 0.4) is 0 Å². The molecule has 114 valence electrons. The molecule has 1 aromatic heterocycles. The Hall–Kier alpha value is -1.09. The summed E-state index contributed by atoms with van der Waals surface area (Å²) in [5, 5.41) is 9.06. The third-order valence-corrected chi connectivity index (χ3v) is 4.19. The molecule has 0 N–H and O–H groups in total. The monoisotopic (exact) mass is 420 g/mol. The zero-order valence-corrected chi connectivity index (χ0v) is 15.2. The lowest BCUT2D eigenvalue weighted by Gasteiger charge is -2.16. The van der Waals surface area contributed by atoms with Crippen molar-refractivity contribution in [2.75, 3.05) is 19.8 Å². The van der Waals surface area contributed by atoms with E-state index in [2.05, 4.69) is 32.8 Å². The molecule has 2 rings (SSSR count). The molecule has 5 nitrogen and oxygen atoms in total. The molecule has 0 saturated heterocycles. The van der Waals surface area contributed by atoms with Crippen LogP contribution in [-0.4, -0.2) is 30.0 Å². The molecule has 0 saturated carbocycles. The van der Waals surface area contributed by atoms with Crippen LogP contribution in [0.1, 0.15) is 20.8 Å². The summed E-state index contributed by atoms with van der Waals surface area (Å²) in [5.41, 5.74) is 0.922. The first-order valence-electron chi connectivity index (χ1n) is 6.75. The molecule has 0 spiro atoms. The van der Waals surface area contributed by atoms with Crippen molar-refractivity contribution in [3.05, 3.63) is 15.1 Å². The summed E-state index contributed by atoms with van der Waals surface area (Å²) in [5.74, 6) is 1.99. The van der Waals surface area contributed by atoms with Crippen molar-refractivity contribution in [1.82, 2.24) is 10.2 Å². The molecule has 1 heterocycles. The fourth-order valence-corrected chi connectivity index (χ4v) is 3.13. The molecule has 0 amide bonds. The predicted octanol–water partition coefficient (Wildman–Crippen LogP) is 4.01. The van der Waals surface area contributed by atoms with Gasteiger partial charge in [0.25, 0.3) is 0 Å². The van der Waals surface area contributed by atoms with Crippen LogP contribution in [0.5, 0.6) is 17.2 Å². The van der Waals surface area contributed by atoms with Crippen LogP contribution >= 0.6 is 33.9 Å². The molecule has 1 aromatic carbocycles. The summed E-state index contributed by atoms with van der Waals surface area (Å²) in [6.07, 6.45) is 0. The van der Waals surface area contributed by atoms with Gasteiger partial charge in [-0.05, 0) is 55.5 Å². The largest absolute Gasteiger partial charge is 0.490 e. The van der Waals surface area contributed by atoms with Crippen LogP contribution in [0, 0.1) is 3.01 Å². The third kappa shape index (κ3) is 3.97. The van der Waals surface area contributed by atoms with E-state index in [4.69, 9.17) is 14.2 Å². The van der Waals surface area contributed by atoms with Gasteiger partial charge in [0.2, 0.25) is 5.75 Å². The van der Waals surface area contributed by atoms with E-state index in [1.54, 1.807) is 0 Å². The van der Waals surface area contributed by atoms with Gasteiger partial charge in [0.05, 0.1) is 19.8 Å². The van der Waals surface area contributed by atoms with Gasteiger partial charge in [-0.15, -0.1) is 10.2 Å². The quantitative estimate of drug-likeness (QED) is 0.634. The van der Waals surface area contributed by atoms with Crippen LogP contribution in [0.4, 0.5) is 0 Å². The first-order valence-corrected chi connectivity index (χ1v) is 8.64. The second kappa shape index (κ2) is 7.79. The van der Waals surface area contributed by atoms with E-state index < -0.39 is 0 Å². The summed E-state index contributed by atoms with van der Waals surface area (Å²) in [6.45, 7) is 7.49. The summed E-state index contributed by atoms with van der Waals surface area (Å²) in [6, 6.07) is 3.85. The number of halogens is 1. The van der Waals surface area contributed by atoms with Crippen molar-refractivity contribution in [3.63, 3.8) is 0 Å². The molecule has 0 fully saturated rings. The Labute approximate surface area is 141 Å². The van der Waals surface area contributed by atoms with Gasteiger partial charge in [-0.3, -0.25) is 0 Å². The standard InChI is InChI=1S/C14H17IN2O3S/c1-4-18-10-7-9(13-16-17-14(15)21-13)8-11(19-5-2)12(10)20-6-3/h7-8H,4-6H2,1-3H3. The minimum Gasteiger partial charge on any atom is -0.490 e. The zero-order valence-electron chi connectivity index (χ0n) is 12.2. The maximum absolute atomic E-state index is 5.70. The minimum absolute atomic E-state index is 0.552. The number of nitrogens with zero attached hydrogens (tertiary/aromatic N) is 2. The highest BCUT2D eigenvalue weighted by Gasteiger charge is 2.17. The Morgan fingerprint density at radius 3 is 1.95 bits per heavy atom. The summed E-state index contributed by atoms with van der Waals surface area (Å²) >= 11 is 3.68. The van der Waals surface area contributed by atoms with E-state index in [0.717, 1.165) is 13.6 Å². The lowest BCUT2D eigenvalue weighted by atomic mass is 10.2. The number of hydrogen-bond acceptors (Lipinski definition) is 6. The normalized spacial score (nSPS) is 10.5. The van der Waals surface area contributed by atoms with E-state index >= 15 is 0 Å². The number of hydrogen-bond donors (Lipinski definition) is 0. The van der Waals surface area contributed by atoms with Gasteiger partial charge in [0, 0.05) is 5.56 Å². The van der Waals surface area contributed by atoms with E-state index in [0.29, 0.717) is 37.1 Å². The van der Waals surface area contributed by atoms with Crippen molar-refractivity contribution >= 4 is 33.9 Å². The van der Waals surface area contributed by atoms with Crippen molar-refractivity contribution in [1.29, 1.82) is 0 Å². The Bertz CT molecular complexity index is 577. The highest BCUT2D eigenvalue weighted by Crippen LogP contribution is 2.42. The SMILES string of the molecule is CCOc1cc(-c2nnc(I)s2)cc(OCC)c1OCC. The topological polar surface area (TPSA) is 53.5 Å². The van der Waals surface area contributed by atoms with E-state index in [1.807, 2.05) is 32.9 Å². The average Bonchev–Trinajstić information content (AvgIpc) is 2.89. The lowest BCUT2D eigenvalue weighted by Crippen LogP contribution is -2.02. The second-order valence-corrected chi connectivity index (χ2v) is 6.69. The van der Waals surface area contributed by atoms with Gasteiger partial charge in [-0.25, -0.2) is 0 Å². The number of ether oxygens (including phenoxy) is 3. The average molecular weight is 420 g/mol. The molecular formula is C14H17IN2O3S. The number of benzene rings is 1. The Morgan fingerprint density at radius 2 is 1.52 bits per heavy atom. The van der Waals surface area contributed by atoms with Crippen molar-refractivity contribution in [3.8, 4) is 27.8 Å². The molecule has 0 radical (unpaired) electrons. The fraction of sp³-hybridized carbons (Fsp3) is 0.429. The molecule has 0 atom stereocenters. The first kappa shape index (κ1) is 16.3. The molecule has 7 heteroatoms. The molecule has 2 aromatic rings. The highest BCUT2D eigenvalue weighted by atomic mass is 127. The second-order valence-electron chi connectivity index (χ2n) is 3.96. The van der Waals surface area contributed by atoms with Crippen molar-refractivity contribution in [2.45, 2.75) is 20.8 Å². The Balaban J connectivity index is 2.51. The Morgan fingerprint density at radius 1 is 0.952 bits per heavy atom. The van der Waals surface area contributed by atoms with Crippen LogP contribution in [0.2, 0.25) is 0 Å². The number of aromatic nitrogens is 2.